The van der Waals surface area contributed by atoms with Crippen molar-refractivity contribution in [3.05, 3.63) is 364 Å². The van der Waals surface area contributed by atoms with Crippen LogP contribution >= 0.6 is 0 Å². The van der Waals surface area contributed by atoms with E-state index in [0.717, 1.165) is 77.9 Å². The van der Waals surface area contributed by atoms with Gasteiger partial charge in [0, 0.05) is 0 Å². The molecular formula is C66H50Ti. The molecule has 0 amide bonds. The molecule has 67 heavy (non-hydrogen) atoms. The molecule has 0 nitrogen and oxygen atoms in total. The van der Waals surface area contributed by atoms with Crippen LogP contribution in [0.5, 0.6) is 0 Å². The molecule has 0 atom stereocenters. The number of hydrogen-bond acceptors (Lipinski definition) is 0. The quantitative estimate of drug-likeness (QED) is 0.0525. The summed E-state index contributed by atoms with van der Waals surface area (Å²) in [6, 6.07) is 85.6. The summed E-state index contributed by atoms with van der Waals surface area (Å²) in [5.74, 6) is 0. The van der Waals surface area contributed by atoms with Gasteiger partial charge in [0.25, 0.3) is 0 Å². The van der Waals surface area contributed by atoms with E-state index in [1.54, 1.807) is 0 Å². The Morgan fingerprint density at radius 1 is 0.194 bits per heavy atom. The molecule has 2 aliphatic rings. The van der Waals surface area contributed by atoms with Crippen molar-refractivity contribution in [1.82, 2.24) is 0 Å². The topological polar surface area (TPSA) is 0 Å². The van der Waals surface area contributed by atoms with Crippen LogP contribution in [0.1, 0.15) is 44.5 Å². The first-order chi connectivity index (χ1) is 32.8. The van der Waals surface area contributed by atoms with Gasteiger partial charge in [-0.3, -0.25) is 0 Å². The molecule has 10 radical (unpaired) electrons. The first kappa shape index (κ1) is 48.4. The molecule has 2 saturated carbocycles. The molecule has 8 aromatic carbocycles. The zero-order valence-corrected chi connectivity index (χ0v) is 38.9. The average molecular weight is 891 g/mol. The largest absolute Gasteiger partial charge is 2.00 e. The second-order valence-electron chi connectivity index (χ2n) is 15.4. The summed E-state index contributed by atoms with van der Waals surface area (Å²) in [4.78, 5) is 0. The summed E-state index contributed by atoms with van der Waals surface area (Å²) in [6.07, 6.45) is 27.9. The van der Waals surface area contributed by atoms with Gasteiger partial charge in [-0.05, 0) is 86.5 Å². The minimum Gasteiger partial charge on any atom is -0.123 e. The molecule has 0 bridgehead atoms. The number of rotatable bonds is 11. The van der Waals surface area contributed by atoms with E-state index in [-0.39, 0.29) is 21.7 Å². The summed E-state index contributed by atoms with van der Waals surface area (Å²) < 4.78 is 0. The van der Waals surface area contributed by atoms with Gasteiger partial charge in [0.15, 0.2) is 0 Å². The minimum atomic E-state index is 0. The third kappa shape index (κ3) is 13.7. The Morgan fingerprint density at radius 3 is 0.597 bits per heavy atom. The number of benzene rings is 8. The van der Waals surface area contributed by atoms with Crippen LogP contribution in [0.2, 0.25) is 0 Å². The van der Waals surface area contributed by atoms with E-state index in [9.17, 15) is 0 Å². The normalized spacial score (nSPS) is 14.2. The maximum absolute atomic E-state index is 3.94. The Labute approximate surface area is 416 Å². The predicted octanol–water partition coefficient (Wildman–Crippen LogP) is 16.1. The first-order valence-electron chi connectivity index (χ1n) is 22.4. The first-order valence-corrected chi connectivity index (χ1v) is 22.4. The fourth-order valence-corrected chi connectivity index (χ4v) is 7.81. The smallest absolute Gasteiger partial charge is 0.123 e. The van der Waals surface area contributed by atoms with Crippen LogP contribution in [0.25, 0.3) is 33.4 Å². The van der Waals surface area contributed by atoms with Crippen molar-refractivity contribution in [3.63, 3.8) is 0 Å². The van der Waals surface area contributed by atoms with E-state index >= 15 is 0 Å². The minimum absolute atomic E-state index is 0. The van der Waals surface area contributed by atoms with E-state index in [4.69, 9.17) is 0 Å². The SMILES string of the molecule is [C-](=C(/C(=C(\C(=C(/C(=[C-]c1ccccc1)c1ccccc1)c1ccccc1)c1ccccc1)c1ccccc1)c1ccccc1)c1ccccc1)c1ccccc1.[CH]1[CH][CH][CH][CH]1.[CH]1[CH][CH][CH][CH]1.[Ti+2]. The molecule has 10 rings (SSSR count). The molecule has 0 saturated heterocycles. The van der Waals surface area contributed by atoms with E-state index in [1.165, 1.54) is 0 Å². The van der Waals surface area contributed by atoms with Crippen molar-refractivity contribution in [2.75, 3.05) is 0 Å². The van der Waals surface area contributed by atoms with Crippen LogP contribution in [0, 0.1) is 76.4 Å². The van der Waals surface area contributed by atoms with Gasteiger partial charge in [0.2, 0.25) is 0 Å². The van der Waals surface area contributed by atoms with Crippen molar-refractivity contribution in [2.45, 2.75) is 0 Å². The van der Waals surface area contributed by atoms with Gasteiger partial charge in [-0.1, -0.05) is 252 Å². The van der Waals surface area contributed by atoms with Crippen LogP contribution in [0.15, 0.2) is 243 Å². The third-order valence-corrected chi connectivity index (χ3v) is 10.8. The molecule has 0 heterocycles. The molecule has 0 spiro atoms. The second-order valence-corrected chi connectivity index (χ2v) is 15.4. The van der Waals surface area contributed by atoms with E-state index in [0.29, 0.717) is 0 Å². The van der Waals surface area contributed by atoms with E-state index in [1.807, 2.05) is 64.2 Å². The summed E-state index contributed by atoms with van der Waals surface area (Å²) in [5, 5.41) is 0. The van der Waals surface area contributed by atoms with Crippen LogP contribution < -0.4 is 0 Å². The standard InChI is InChI=1S/C56H40.2C5H5.Ti/c1-9-25-43(26-10-1)41-51(45-29-13-3-14-30-45)53(47-33-17-5-18-34-47)55(49-37-21-7-22-38-49)56(50-39-23-8-24-40-50)54(48-35-19-6-20-36-48)52(46-31-15-4-16-32-46)42-44-27-11-2-12-28-44;2*1-2-4-5-3-1;/h1-40H;2*1-5H;/q-2;;;+2/b55-53-,56-54-;;;. The van der Waals surface area contributed by atoms with Crippen molar-refractivity contribution < 1.29 is 21.7 Å². The van der Waals surface area contributed by atoms with Gasteiger partial charge < -0.3 is 0 Å². The zero-order chi connectivity index (χ0) is 44.9. The van der Waals surface area contributed by atoms with Gasteiger partial charge in [-0.2, -0.15) is 0 Å². The summed E-state index contributed by atoms with van der Waals surface area (Å²) in [7, 11) is 0. The summed E-state index contributed by atoms with van der Waals surface area (Å²) >= 11 is 0. The molecule has 0 aliphatic heterocycles. The van der Waals surface area contributed by atoms with Gasteiger partial charge >= 0.3 is 21.7 Å². The molecule has 0 unspecified atom stereocenters. The van der Waals surface area contributed by atoms with Gasteiger partial charge in [-0.15, -0.1) is 58.7 Å². The fraction of sp³-hybridized carbons (Fsp3) is 0. The van der Waals surface area contributed by atoms with Crippen LogP contribution in [-0.4, -0.2) is 0 Å². The molecule has 2 aliphatic carbocycles. The van der Waals surface area contributed by atoms with Crippen LogP contribution in [0.3, 0.4) is 0 Å². The molecule has 0 aromatic heterocycles. The summed E-state index contributed by atoms with van der Waals surface area (Å²) in [6.45, 7) is 0. The van der Waals surface area contributed by atoms with Gasteiger partial charge in [-0.25, -0.2) is 0 Å². The molecule has 318 valence electrons. The second kappa shape index (κ2) is 26.5. The maximum Gasteiger partial charge on any atom is 2.00 e. The van der Waals surface area contributed by atoms with Crippen LogP contribution in [0.4, 0.5) is 0 Å². The van der Waals surface area contributed by atoms with Crippen LogP contribution in [-0.2, 0) is 21.7 Å². The van der Waals surface area contributed by atoms with E-state index in [2.05, 4.69) is 255 Å². The number of hydrogen-bond donors (Lipinski definition) is 0. The van der Waals surface area contributed by atoms with Crippen molar-refractivity contribution in [3.8, 4) is 0 Å². The van der Waals surface area contributed by atoms with Gasteiger partial charge in [0.1, 0.15) is 0 Å². The zero-order valence-electron chi connectivity index (χ0n) is 37.4. The Kier molecular flexibility index (Phi) is 19.2. The Morgan fingerprint density at radius 2 is 0.373 bits per heavy atom. The number of allylic oxidation sites excluding steroid dienone is 6. The van der Waals surface area contributed by atoms with Crippen molar-refractivity contribution >= 4 is 33.4 Å². The molecule has 2 fully saturated rings. The summed E-state index contributed by atoms with van der Waals surface area (Å²) in [5.41, 5.74) is 14.9. The predicted molar refractivity (Wildman–Crippen MR) is 280 cm³/mol. The average Bonchev–Trinajstić information content (AvgIpc) is 4.21. The van der Waals surface area contributed by atoms with Crippen molar-refractivity contribution in [2.24, 2.45) is 0 Å². The Hall–Kier alpha value is -6.57. The molecular weight excluding hydrogens is 841 g/mol. The Balaban J connectivity index is 0.000000537. The van der Waals surface area contributed by atoms with Gasteiger partial charge in [0.05, 0.1) is 0 Å². The monoisotopic (exact) mass is 890 g/mol. The van der Waals surface area contributed by atoms with Crippen molar-refractivity contribution in [1.29, 1.82) is 0 Å². The fourth-order valence-electron chi connectivity index (χ4n) is 7.81. The molecule has 1 heteroatoms. The maximum atomic E-state index is 3.94. The Bertz CT molecular complexity index is 2550. The van der Waals surface area contributed by atoms with E-state index < -0.39 is 0 Å². The molecule has 0 N–H and O–H groups in total. The molecule has 8 aromatic rings. The third-order valence-electron chi connectivity index (χ3n) is 10.8.